The largest absolute Gasteiger partial charge is 0.382 e. The van der Waals surface area contributed by atoms with Crippen molar-refractivity contribution in [2.24, 2.45) is 5.16 Å². The molecule has 0 spiro atoms. The molecule has 2 heterocycles. The third kappa shape index (κ3) is 3.66. The van der Waals surface area contributed by atoms with Gasteiger partial charge in [0.1, 0.15) is 0 Å². The number of amides is 2. The van der Waals surface area contributed by atoms with Gasteiger partial charge in [-0.3, -0.25) is 9.59 Å². The van der Waals surface area contributed by atoms with E-state index < -0.39 is 6.10 Å². The van der Waals surface area contributed by atoms with Gasteiger partial charge in [-0.25, -0.2) is 0 Å². The van der Waals surface area contributed by atoms with E-state index in [1.807, 2.05) is 30.3 Å². The second-order valence-corrected chi connectivity index (χ2v) is 6.91. The van der Waals surface area contributed by atoms with Gasteiger partial charge in [0.15, 0.2) is 0 Å². The van der Waals surface area contributed by atoms with Crippen LogP contribution in [0, 0.1) is 0 Å². The summed E-state index contributed by atoms with van der Waals surface area (Å²) in [5.41, 5.74) is 2.85. The highest BCUT2D eigenvalue weighted by Gasteiger charge is 2.29. The van der Waals surface area contributed by atoms with E-state index in [0.29, 0.717) is 30.1 Å². The van der Waals surface area contributed by atoms with Crippen molar-refractivity contribution in [1.82, 2.24) is 0 Å². The Bertz CT molecular complexity index is 914. The zero-order valence-electron chi connectivity index (χ0n) is 14.5. The van der Waals surface area contributed by atoms with E-state index in [9.17, 15) is 9.59 Å². The topological polar surface area (TPSA) is 71.0 Å². The van der Waals surface area contributed by atoms with Gasteiger partial charge in [0, 0.05) is 25.1 Å². The van der Waals surface area contributed by atoms with Crippen molar-refractivity contribution < 1.29 is 14.4 Å². The number of halogens is 1. The second kappa shape index (κ2) is 7.40. The molecule has 0 bridgehead atoms. The Hall–Kier alpha value is -2.86. The van der Waals surface area contributed by atoms with E-state index in [4.69, 9.17) is 16.4 Å². The molecule has 1 N–H and O–H groups in total. The first kappa shape index (κ1) is 17.5. The molecule has 0 unspecified atom stereocenters. The normalized spacial score (nSPS) is 19.0. The van der Waals surface area contributed by atoms with Gasteiger partial charge in [0.2, 0.25) is 12.0 Å². The minimum atomic E-state index is -0.714. The van der Waals surface area contributed by atoms with E-state index in [-0.39, 0.29) is 11.8 Å². The summed E-state index contributed by atoms with van der Waals surface area (Å²) in [5, 5.41) is 7.23. The summed E-state index contributed by atoms with van der Waals surface area (Å²) in [7, 11) is 0. The number of nitrogens with zero attached hydrogens (tertiary/aromatic N) is 2. The van der Waals surface area contributed by atoms with Gasteiger partial charge >= 0.3 is 0 Å². The van der Waals surface area contributed by atoms with Gasteiger partial charge in [-0.05, 0) is 30.2 Å². The first-order valence-corrected chi connectivity index (χ1v) is 9.18. The molecule has 4 rings (SSSR count). The number of anilines is 2. The maximum atomic E-state index is 12.6. The Morgan fingerprint density at radius 2 is 2.04 bits per heavy atom. The van der Waals surface area contributed by atoms with E-state index in [1.165, 1.54) is 0 Å². The van der Waals surface area contributed by atoms with E-state index in [0.717, 1.165) is 23.4 Å². The molecule has 2 amide bonds. The number of carbonyl (C=O) groups excluding carboxylic acids is 2. The summed E-state index contributed by atoms with van der Waals surface area (Å²) < 4.78 is 0. The van der Waals surface area contributed by atoms with Crippen molar-refractivity contribution in [1.29, 1.82) is 0 Å². The molecule has 0 aliphatic carbocycles. The quantitative estimate of drug-likeness (QED) is 0.876. The third-order valence-corrected chi connectivity index (χ3v) is 4.99. The molecular formula is C20H18ClN3O3. The molecular weight excluding hydrogens is 366 g/mol. The SMILES string of the molecule is O=C(Nc1cc(N2CCCC2=O)ccc1Cl)[C@@H]1CC(c2ccccc2)=NO1. The van der Waals surface area contributed by atoms with Crippen LogP contribution in [0.25, 0.3) is 0 Å². The molecule has 7 heteroatoms. The van der Waals surface area contributed by atoms with Crippen LogP contribution in [-0.2, 0) is 14.4 Å². The number of rotatable bonds is 4. The summed E-state index contributed by atoms with van der Waals surface area (Å²) in [5.74, 6) is -0.244. The second-order valence-electron chi connectivity index (χ2n) is 6.50. The van der Waals surface area contributed by atoms with Crippen LogP contribution < -0.4 is 10.2 Å². The summed E-state index contributed by atoms with van der Waals surface area (Å²) >= 11 is 6.23. The zero-order chi connectivity index (χ0) is 18.8. The Morgan fingerprint density at radius 3 is 2.78 bits per heavy atom. The lowest BCUT2D eigenvalue weighted by atomic mass is 10.0. The van der Waals surface area contributed by atoms with Crippen molar-refractivity contribution in [3.8, 4) is 0 Å². The lowest BCUT2D eigenvalue weighted by Crippen LogP contribution is -2.28. The van der Waals surface area contributed by atoms with Gasteiger partial charge < -0.3 is 15.1 Å². The predicted molar refractivity (Wildman–Crippen MR) is 104 cm³/mol. The van der Waals surface area contributed by atoms with Crippen LogP contribution in [-0.4, -0.2) is 30.2 Å². The standard InChI is InChI=1S/C20H18ClN3O3/c21-15-9-8-14(24-10-4-7-19(24)25)11-17(15)22-20(26)18-12-16(23-27-18)13-5-2-1-3-6-13/h1-3,5-6,8-9,11,18H,4,7,10,12H2,(H,22,26)/t18-/m0/s1. The minimum absolute atomic E-state index is 0.0784. The van der Waals surface area contributed by atoms with Crippen molar-refractivity contribution in [3.05, 3.63) is 59.1 Å². The fourth-order valence-electron chi connectivity index (χ4n) is 3.23. The fourth-order valence-corrected chi connectivity index (χ4v) is 3.40. The molecule has 1 saturated heterocycles. The number of oxime groups is 1. The fraction of sp³-hybridized carbons (Fsp3) is 0.250. The minimum Gasteiger partial charge on any atom is -0.382 e. The molecule has 1 fully saturated rings. The number of hydrogen-bond donors (Lipinski definition) is 1. The molecule has 6 nitrogen and oxygen atoms in total. The molecule has 138 valence electrons. The van der Waals surface area contributed by atoms with Crippen LogP contribution in [0.15, 0.2) is 53.7 Å². The van der Waals surface area contributed by atoms with Crippen LogP contribution in [0.1, 0.15) is 24.8 Å². The molecule has 2 aromatic rings. The van der Waals surface area contributed by atoms with E-state index in [2.05, 4.69) is 10.5 Å². The average Bonchev–Trinajstić information content (AvgIpc) is 3.34. The Balaban J connectivity index is 1.45. The number of nitrogens with one attached hydrogen (secondary N) is 1. The maximum absolute atomic E-state index is 12.6. The molecule has 0 aromatic heterocycles. The van der Waals surface area contributed by atoms with Gasteiger partial charge in [-0.2, -0.15) is 0 Å². The van der Waals surface area contributed by atoms with Crippen LogP contribution in [0.2, 0.25) is 5.02 Å². The van der Waals surface area contributed by atoms with Gasteiger partial charge in [-0.15, -0.1) is 0 Å². The number of carbonyl (C=O) groups is 2. The van der Waals surface area contributed by atoms with Crippen molar-refractivity contribution in [3.63, 3.8) is 0 Å². The van der Waals surface area contributed by atoms with Crippen molar-refractivity contribution in [2.45, 2.75) is 25.4 Å². The number of hydrogen-bond acceptors (Lipinski definition) is 4. The van der Waals surface area contributed by atoms with Crippen LogP contribution in [0.3, 0.4) is 0 Å². The Kier molecular flexibility index (Phi) is 4.81. The zero-order valence-corrected chi connectivity index (χ0v) is 15.3. The molecule has 1 atom stereocenters. The Morgan fingerprint density at radius 1 is 1.22 bits per heavy atom. The van der Waals surface area contributed by atoms with Gasteiger partial charge in [0.05, 0.1) is 16.4 Å². The average molecular weight is 384 g/mol. The molecule has 2 aromatic carbocycles. The summed E-state index contributed by atoms with van der Waals surface area (Å²) in [6.07, 6.45) is 1.05. The van der Waals surface area contributed by atoms with Crippen molar-refractivity contribution >= 4 is 40.5 Å². The summed E-state index contributed by atoms with van der Waals surface area (Å²) in [6, 6.07) is 14.8. The molecule has 2 aliphatic rings. The molecule has 0 saturated carbocycles. The smallest absolute Gasteiger partial charge is 0.268 e. The van der Waals surface area contributed by atoms with Gasteiger partial charge in [-0.1, -0.05) is 47.1 Å². The first-order valence-electron chi connectivity index (χ1n) is 8.81. The van der Waals surface area contributed by atoms with E-state index >= 15 is 0 Å². The number of benzene rings is 2. The highest BCUT2D eigenvalue weighted by Crippen LogP contribution is 2.30. The predicted octanol–water partition coefficient (Wildman–Crippen LogP) is 3.60. The third-order valence-electron chi connectivity index (χ3n) is 4.66. The van der Waals surface area contributed by atoms with Crippen molar-refractivity contribution in [2.75, 3.05) is 16.8 Å². The lowest BCUT2D eigenvalue weighted by Gasteiger charge is -2.18. The highest BCUT2D eigenvalue weighted by molar-refractivity contribution is 6.34. The summed E-state index contributed by atoms with van der Waals surface area (Å²) in [4.78, 5) is 31.5. The Labute approximate surface area is 161 Å². The molecule has 2 aliphatic heterocycles. The molecule has 27 heavy (non-hydrogen) atoms. The summed E-state index contributed by atoms with van der Waals surface area (Å²) in [6.45, 7) is 0.674. The van der Waals surface area contributed by atoms with Crippen LogP contribution in [0.4, 0.5) is 11.4 Å². The maximum Gasteiger partial charge on any atom is 0.268 e. The monoisotopic (exact) mass is 383 g/mol. The van der Waals surface area contributed by atoms with Gasteiger partial charge in [0.25, 0.3) is 5.91 Å². The molecule has 0 radical (unpaired) electrons. The van der Waals surface area contributed by atoms with E-state index in [1.54, 1.807) is 23.1 Å². The van der Waals surface area contributed by atoms with Crippen LogP contribution in [0.5, 0.6) is 0 Å². The van der Waals surface area contributed by atoms with Crippen LogP contribution >= 0.6 is 11.6 Å². The first-order chi connectivity index (χ1) is 13.1. The highest BCUT2D eigenvalue weighted by atomic mass is 35.5. The lowest BCUT2D eigenvalue weighted by molar-refractivity contribution is -0.125.